The van der Waals surface area contributed by atoms with Crippen LogP contribution < -0.4 is 4.74 Å². The van der Waals surface area contributed by atoms with Gasteiger partial charge in [-0.3, -0.25) is 9.69 Å². The van der Waals surface area contributed by atoms with Crippen LogP contribution in [0.2, 0.25) is 0 Å². The molecule has 156 valence electrons. The quantitative estimate of drug-likeness (QED) is 0.752. The molecule has 1 fully saturated rings. The van der Waals surface area contributed by atoms with Gasteiger partial charge in [0.25, 0.3) is 5.91 Å². The highest BCUT2D eigenvalue weighted by atomic mass is 16.5. The van der Waals surface area contributed by atoms with Crippen molar-refractivity contribution >= 4 is 5.91 Å². The van der Waals surface area contributed by atoms with Crippen LogP contribution in [0.25, 0.3) is 0 Å². The molecule has 0 radical (unpaired) electrons. The van der Waals surface area contributed by atoms with E-state index < -0.39 is 0 Å². The first kappa shape index (κ1) is 20.0. The van der Waals surface area contributed by atoms with Gasteiger partial charge in [-0.25, -0.2) is 0 Å². The lowest BCUT2D eigenvalue weighted by molar-refractivity contribution is -0.137. The molecule has 1 amide bonds. The predicted octanol–water partition coefficient (Wildman–Crippen LogP) is 3.00. The molecule has 0 aliphatic carbocycles. The van der Waals surface area contributed by atoms with Crippen molar-refractivity contribution in [3.63, 3.8) is 0 Å². The molecule has 0 bridgehead atoms. The van der Waals surface area contributed by atoms with Crippen molar-refractivity contribution in [1.29, 1.82) is 0 Å². The van der Waals surface area contributed by atoms with Crippen molar-refractivity contribution in [2.24, 2.45) is 0 Å². The number of carbonyl (C=O) groups excluding carboxylic acids is 1. The molecule has 2 aliphatic rings. The summed E-state index contributed by atoms with van der Waals surface area (Å²) in [5.74, 6) is 0.764. The zero-order chi connectivity index (χ0) is 20.2. The predicted molar refractivity (Wildman–Crippen MR) is 112 cm³/mol. The van der Waals surface area contributed by atoms with E-state index in [0.717, 1.165) is 31.8 Å². The molecular weight excluding hydrogens is 366 g/mol. The Hall–Kier alpha value is -2.31. The number of benzene rings is 1. The van der Waals surface area contributed by atoms with Crippen LogP contribution in [-0.4, -0.2) is 59.7 Å². The zero-order valence-corrected chi connectivity index (χ0v) is 17.5. The van der Waals surface area contributed by atoms with Crippen molar-refractivity contribution in [2.75, 3.05) is 39.5 Å². The molecule has 0 saturated carbocycles. The third-order valence-electron chi connectivity index (χ3n) is 6.05. The first-order valence-corrected chi connectivity index (χ1v) is 10.6. The third kappa shape index (κ3) is 4.49. The number of ether oxygens (including phenoxy) is 2. The Morgan fingerprint density at radius 1 is 1.07 bits per heavy atom. The number of aryl methyl sites for hydroxylation is 1. The topological polar surface area (TPSA) is 46.9 Å². The van der Waals surface area contributed by atoms with Crippen molar-refractivity contribution in [1.82, 2.24) is 14.4 Å². The molecule has 2 aromatic rings. The van der Waals surface area contributed by atoms with Crippen LogP contribution in [-0.2, 0) is 22.6 Å². The molecule has 0 spiro atoms. The summed E-state index contributed by atoms with van der Waals surface area (Å²) in [4.78, 5) is 16.6. The molecule has 3 heterocycles. The smallest absolute Gasteiger partial charge is 0.260 e. The van der Waals surface area contributed by atoms with E-state index in [1.165, 1.54) is 17.0 Å². The Bertz CT molecular complexity index is 824. The van der Waals surface area contributed by atoms with Gasteiger partial charge in [0.05, 0.1) is 19.3 Å². The standard InChI is InChI=1S/C23H31N3O3/c1-3-21-22-9-4-18(2)26(22)11-10-25(21)16-19-5-7-20(8-6-19)29-17-23(27)24-12-14-28-15-13-24/h4-9,21H,3,10-17H2,1-2H3/t21-/m0/s1. The minimum atomic E-state index is 0.0229. The van der Waals surface area contributed by atoms with E-state index in [2.05, 4.69) is 47.6 Å². The van der Waals surface area contributed by atoms with Crippen LogP contribution in [0.15, 0.2) is 36.4 Å². The van der Waals surface area contributed by atoms with Gasteiger partial charge in [0.2, 0.25) is 0 Å². The van der Waals surface area contributed by atoms with E-state index in [1.54, 1.807) is 4.90 Å². The molecule has 1 atom stereocenters. The highest BCUT2D eigenvalue weighted by Gasteiger charge is 2.26. The van der Waals surface area contributed by atoms with E-state index >= 15 is 0 Å². The molecule has 1 saturated heterocycles. The number of fused-ring (bicyclic) bond motifs is 1. The second-order valence-corrected chi connectivity index (χ2v) is 7.87. The highest BCUT2D eigenvalue weighted by Crippen LogP contribution is 2.31. The number of hydrogen-bond acceptors (Lipinski definition) is 4. The molecule has 29 heavy (non-hydrogen) atoms. The number of amides is 1. The number of hydrogen-bond donors (Lipinski definition) is 0. The SMILES string of the molecule is CC[C@H]1c2ccc(C)n2CCN1Cc1ccc(OCC(=O)N2CCOCC2)cc1. The lowest BCUT2D eigenvalue weighted by Gasteiger charge is -2.37. The fourth-order valence-electron chi connectivity index (χ4n) is 4.39. The van der Waals surface area contributed by atoms with Gasteiger partial charge in [-0.15, -0.1) is 0 Å². The van der Waals surface area contributed by atoms with Gasteiger partial charge in [-0.05, 0) is 43.2 Å². The Balaban J connectivity index is 1.33. The summed E-state index contributed by atoms with van der Waals surface area (Å²) in [7, 11) is 0. The van der Waals surface area contributed by atoms with Crippen molar-refractivity contribution in [3.05, 3.63) is 53.3 Å². The molecule has 0 unspecified atom stereocenters. The summed E-state index contributed by atoms with van der Waals surface area (Å²) >= 11 is 0. The maximum atomic E-state index is 12.2. The van der Waals surface area contributed by atoms with E-state index in [0.29, 0.717) is 32.3 Å². The number of morpholine rings is 1. The minimum absolute atomic E-state index is 0.0229. The van der Waals surface area contributed by atoms with E-state index in [-0.39, 0.29) is 12.5 Å². The van der Waals surface area contributed by atoms with Gasteiger partial charge >= 0.3 is 0 Å². The summed E-state index contributed by atoms with van der Waals surface area (Å²) in [6.45, 7) is 10.1. The highest BCUT2D eigenvalue weighted by molar-refractivity contribution is 5.77. The summed E-state index contributed by atoms with van der Waals surface area (Å²) < 4.78 is 13.4. The monoisotopic (exact) mass is 397 g/mol. The fraction of sp³-hybridized carbons (Fsp3) is 0.522. The average molecular weight is 398 g/mol. The fourth-order valence-corrected chi connectivity index (χ4v) is 4.39. The normalized spacial score (nSPS) is 19.8. The Kier molecular flexibility index (Phi) is 6.21. The van der Waals surface area contributed by atoms with Crippen LogP contribution in [0.3, 0.4) is 0 Å². The molecule has 0 N–H and O–H groups in total. The number of rotatable bonds is 6. The summed E-state index contributed by atoms with van der Waals surface area (Å²) in [5.41, 5.74) is 4.05. The van der Waals surface area contributed by atoms with Crippen LogP contribution in [0.4, 0.5) is 0 Å². The maximum Gasteiger partial charge on any atom is 0.260 e. The molecule has 6 nitrogen and oxygen atoms in total. The van der Waals surface area contributed by atoms with E-state index in [1.807, 2.05) is 12.1 Å². The summed E-state index contributed by atoms with van der Waals surface area (Å²) in [5, 5.41) is 0. The van der Waals surface area contributed by atoms with E-state index in [9.17, 15) is 4.79 Å². The second-order valence-electron chi connectivity index (χ2n) is 7.87. The lowest BCUT2D eigenvalue weighted by Crippen LogP contribution is -2.42. The summed E-state index contributed by atoms with van der Waals surface area (Å²) in [6.07, 6.45) is 1.11. The van der Waals surface area contributed by atoms with Crippen LogP contribution in [0.1, 0.15) is 36.3 Å². The summed E-state index contributed by atoms with van der Waals surface area (Å²) in [6, 6.07) is 13.1. The van der Waals surface area contributed by atoms with Gasteiger partial charge in [0.15, 0.2) is 6.61 Å². The van der Waals surface area contributed by atoms with Crippen LogP contribution >= 0.6 is 0 Å². The van der Waals surface area contributed by atoms with Gasteiger partial charge in [-0.1, -0.05) is 19.1 Å². The molecule has 4 rings (SSSR count). The van der Waals surface area contributed by atoms with Crippen molar-refractivity contribution < 1.29 is 14.3 Å². The largest absolute Gasteiger partial charge is 0.484 e. The van der Waals surface area contributed by atoms with Crippen LogP contribution in [0.5, 0.6) is 5.75 Å². The first-order valence-electron chi connectivity index (χ1n) is 10.6. The number of aromatic nitrogens is 1. The molecule has 1 aromatic heterocycles. The Labute approximate surface area is 173 Å². The number of carbonyl (C=O) groups is 1. The number of nitrogens with zero attached hydrogens (tertiary/aromatic N) is 3. The van der Waals surface area contributed by atoms with Crippen LogP contribution in [0, 0.1) is 6.92 Å². The van der Waals surface area contributed by atoms with Crippen molar-refractivity contribution in [3.8, 4) is 5.75 Å². The first-order chi connectivity index (χ1) is 14.2. The molecule has 1 aromatic carbocycles. The van der Waals surface area contributed by atoms with E-state index in [4.69, 9.17) is 9.47 Å². The van der Waals surface area contributed by atoms with Gasteiger partial charge < -0.3 is 18.9 Å². The second kappa shape index (κ2) is 9.01. The Morgan fingerprint density at radius 2 is 1.83 bits per heavy atom. The third-order valence-corrected chi connectivity index (χ3v) is 6.05. The Morgan fingerprint density at radius 3 is 2.55 bits per heavy atom. The zero-order valence-electron chi connectivity index (χ0n) is 17.5. The molecule has 6 heteroatoms. The minimum Gasteiger partial charge on any atom is -0.484 e. The van der Waals surface area contributed by atoms with Crippen molar-refractivity contribution in [2.45, 2.75) is 39.4 Å². The van der Waals surface area contributed by atoms with Gasteiger partial charge in [0, 0.05) is 44.1 Å². The van der Waals surface area contributed by atoms with Gasteiger partial charge in [-0.2, -0.15) is 0 Å². The van der Waals surface area contributed by atoms with Gasteiger partial charge in [0.1, 0.15) is 5.75 Å². The molecular formula is C23H31N3O3. The molecule has 2 aliphatic heterocycles. The average Bonchev–Trinajstić information content (AvgIpc) is 3.14. The lowest BCUT2D eigenvalue weighted by atomic mass is 10.1. The maximum absolute atomic E-state index is 12.2.